The van der Waals surface area contributed by atoms with E-state index in [0.717, 1.165) is 6.26 Å². The molecule has 0 aliphatic heterocycles. The molecule has 0 aromatic heterocycles. The van der Waals surface area contributed by atoms with Gasteiger partial charge < -0.3 is 5.73 Å². The Hall–Kier alpha value is -0.580. The largest absolute Gasteiger partial charge is 0.386 e. The first-order chi connectivity index (χ1) is 5.54. The van der Waals surface area contributed by atoms with E-state index >= 15 is 0 Å². The fourth-order valence-electron chi connectivity index (χ4n) is 0.698. The van der Waals surface area contributed by atoms with Crippen molar-refractivity contribution in [3.63, 3.8) is 0 Å². The minimum absolute atomic E-state index is 0.176. The summed E-state index contributed by atoms with van der Waals surface area (Å²) in [6, 6.07) is 0. The number of sulfone groups is 1. The van der Waals surface area contributed by atoms with Gasteiger partial charge in [0.05, 0.1) is 5.54 Å². The Morgan fingerprint density at radius 2 is 1.77 bits per heavy atom. The molecule has 0 radical (unpaired) electrons. The molecular weight excluding hydrogens is 188 g/mol. The minimum Gasteiger partial charge on any atom is -0.386 e. The average molecular weight is 206 g/mol. The lowest BCUT2D eigenvalue weighted by Gasteiger charge is -2.16. The molecule has 1 unspecified atom stereocenters. The van der Waals surface area contributed by atoms with Gasteiger partial charge in [-0.2, -0.15) is 0 Å². The summed E-state index contributed by atoms with van der Waals surface area (Å²) in [5.74, 6) is 0.176. The SMILES string of the molecule is CC(C(N)=NC(C)(C)C)S(C)(=O)=O. The maximum atomic E-state index is 11.1. The minimum atomic E-state index is -3.13. The molecule has 5 heteroatoms. The average Bonchev–Trinajstić information content (AvgIpc) is 1.79. The van der Waals surface area contributed by atoms with Crippen LogP contribution < -0.4 is 5.73 Å². The van der Waals surface area contributed by atoms with E-state index in [4.69, 9.17) is 5.73 Å². The molecule has 4 nitrogen and oxygen atoms in total. The third-order valence-corrected chi connectivity index (χ3v) is 3.05. The number of hydrogen-bond acceptors (Lipinski definition) is 3. The zero-order chi connectivity index (χ0) is 10.9. The Morgan fingerprint density at radius 1 is 1.38 bits per heavy atom. The van der Waals surface area contributed by atoms with Crippen LogP contribution >= 0.6 is 0 Å². The standard InChI is InChI=1S/C8H18N2O2S/c1-6(13(5,11)12)7(9)10-8(2,3)4/h6H,1-5H3,(H2,9,10). The number of nitrogens with zero attached hydrogens (tertiary/aromatic N) is 1. The molecule has 0 aliphatic carbocycles. The molecule has 0 rings (SSSR count). The van der Waals surface area contributed by atoms with Crippen LogP contribution in [0.3, 0.4) is 0 Å². The number of aliphatic imine (C=N–C) groups is 1. The quantitative estimate of drug-likeness (QED) is 0.530. The molecule has 2 N–H and O–H groups in total. The first-order valence-corrected chi connectivity index (χ1v) is 6.03. The van der Waals surface area contributed by atoms with Crippen LogP contribution in [0.15, 0.2) is 4.99 Å². The van der Waals surface area contributed by atoms with E-state index in [1.807, 2.05) is 20.8 Å². The maximum Gasteiger partial charge on any atom is 0.157 e. The fraction of sp³-hybridized carbons (Fsp3) is 0.875. The van der Waals surface area contributed by atoms with Crippen LogP contribution in [0, 0.1) is 0 Å². The van der Waals surface area contributed by atoms with Gasteiger partial charge in [0.2, 0.25) is 0 Å². The van der Waals surface area contributed by atoms with E-state index in [9.17, 15) is 8.42 Å². The third kappa shape index (κ3) is 4.87. The summed E-state index contributed by atoms with van der Waals surface area (Å²) in [4.78, 5) is 4.09. The van der Waals surface area contributed by atoms with E-state index in [1.54, 1.807) is 6.92 Å². The van der Waals surface area contributed by atoms with Crippen molar-refractivity contribution in [3.8, 4) is 0 Å². The predicted molar refractivity (Wildman–Crippen MR) is 55.7 cm³/mol. The lowest BCUT2D eigenvalue weighted by atomic mass is 10.1. The lowest BCUT2D eigenvalue weighted by molar-refractivity contribution is 0.578. The smallest absolute Gasteiger partial charge is 0.157 e. The van der Waals surface area contributed by atoms with Crippen molar-refractivity contribution in [1.29, 1.82) is 0 Å². The van der Waals surface area contributed by atoms with Gasteiger partial charge in [-0.3, -0.25) is 4.99 Å². The fourth-order valence-corrected chi connectivity index (χ4v) is 1.19. The van der Waals surface area contributed by atoms with Crippen LogP contribution in [-0.4, -0.2) is 31.3 Å². The summed E-state index contributed by atoms with van der Waals surface area (Å²) in [5.41, 5.74) is 5.23. The third-order valence-electron chi connectivity index (χ3n) is 1.52. The zero-order valence-electron chi connectivity index (χ0n) is 8.83. The molecule has 0 aromatic rings. The van der Waals surface area contributed by atoms with Crippen molar-refractivity contribution >= 4 is 15.7 Å². The summed E-state index contributed by atoms with van der Waals surface area (Å²) in [5, 5.41) is -0.702. The topological polar surface area (TPSA) is 72.5 Å². The van der Waals surface area contributed by atoms with Gasteiger partial charge in [0.15, 0.2) is 9.84 Å². The van der Waals surface area contributed by atoms with Crippen LogP contribution in [0.1, 0.15) is 27.7 Å². The molecular formula is C8H18N2O2S. The monoisotopic (exact) mass is 206 g/mol. The number of amidine groups is 1. The van der Waals surface area contributed by atoms with Crippen molar-refractivity contribution < 1.29 is 8.42 Å². The van der Waals surface area contributed by atoms with Gasteiger partial charge >= 0.3 is 0 Å². The second-order valence-electron chi connectivity index (χ2n) is 4.18. The van der Waals surface area contributed by atoms with Crippen molar-refractivity contribution in [2.45, 2.75) is 38.5 Å². The first-order valence-electron chi connectivity index (χ1n) is 4.08. The molecule has 13 heavy (non-hydrogen) atoms. The highest BCUT2D eigenvalue weighted by Crippen LogP contribution is 2.08. The van der Waals surface area contributed by atoms with Gasteiger partial charge in [-0.15, -0.1) is 0 Å². The lowest BCUT2D eigenvalue weighted by Crippen LogP contribution is -2.35. The molecule has 78 valence electrons. The predicted octanol–water partition coefficient (Wildman–Crippen LogP) is 0.575. The Labute approximate surface area is 80.2 Å². The van der Waals surface area contributed by atoms with Crippen LogP contribution in [0.5, 0.6) is 0 Å². The summed E-state index contributed by atoms with van der Waals surface area (Å²) in [7, 11) is -3.13. The van der Waals surface area contributed by atoms with Crippen molar-refractivity contribution in [3.05, 3.63) is 0 Å². The molecule has 0 aromatic carbocycles. The normalized spacial score (nSPS) is 17.2. The van der Waals surface area contributed by atoms with Crippen LogP contribution in [-0.2, 0) is 9.84 Å². The first kappa shape index (κ1) is 12.4. The Morgan fingerprint density at radius 3 is 2.00 bits per heavy atom. The van der Waals surface area contributed by atoms with Crippen molar-refractivity contribution in [2.75, 3.05) is 6.26 Å². The summed E-state index contributed by atoms with van der Waals surface area (Å²) in [6.07, 6.45) is 1.16. The van der Waals surface area contributed by atoms with Gasteiger partial charge in [0.1, 0.15) is 11.1 Å². The van der Waals surface area contributed by atoms with Gasteiger partial charge in [0.25, 0.3) is 0 Å². The molecule has 1 atom stereocenters. The molecule has 0 amide bonds. The number of nitrogens with two attached hydrogens (primary N) is 1. The summed E-state index contributed by atoms with van der Waals surface area (Å²) < 4.78 is 22.2. The van der Waals surface area contributed by atoms with E-state index < -0.39 is 15.1 Å². The highest BCUT2D eigenvalue weighted by atomic mass is 32.2. The second kappa shape index (κ2) is 3.65. The van der Waals surface area contributed by atoms with E-state index in [0.29, 0.717) is 0 Å². The molecule has 0 aliphatic rings. The zero-order valence-corrected chi connectivity index (χ0v) is 9.64. The van der Waals surface area contributed by atoms with E-state index in [-0.39, 0.29) is 11.4 Å². The molecule has 0 bridgehead atoms. The molecule has 0 spiro atoms. The summed E-state index contributed by atoms with van der Waals surface area (Å²) in [6.45, 7) is 7.15. The number of hydrogen-bond donors (Lipinski definition) is 1. The Balaban J connectivity index is 4.83. The van der Waals surface area contributed by atoms with Gasteiger partial charge in [-0.1, -0.05) is 0 Å². The Kier molecular flexibility index (Phi) is 3.49. The van der Waals surface area contributed by atoms with Gasteiger partial charge in [0, 0.05) is 6.26 Å². The molecule has 0 saturated heterocycles. The van der Waals surface area contributed by atoms with Crippen molar-refractivity contribution in [1.82, 2.24) is 0 Å². The highest BCUT2D eigenvalue weighted by Gasteiger charge is 2.20. The van der Waals surface area contributed by atoms with Gasteiger partial charge in [-0.05, 0) is 27.7 Å². The maximum absolute atomic E-state index is 11.1. The molecule has 0 saturated carbocycles. The van der Waals surface area contributed by atoms with Crippen LogP contribution in [0.25, 0.3) is 0 Å². The van der Waals surface area contributed by atoms with Crippen LogP contribution in [0.2, 0.25) is 0 Å². The highest BCUT2D eigenvalue weighted by molar-refractivity contribution is 7.92. The van der Waals surface area contributed by atoms with Crippen LogP contribution in [0.4, 0.5) is 0 Å². The van der Waals surface area contributed by atoms with E-state index in [2.05, 4.69) is 4.99 Å². The second-order valence-corrected chi connectivity index (χ2v) is 6.55. The molecule has 0 heterocycles. The van der Waals surface area contributed by atoms with E-state index in [1.165, 1.54) is 0 Å². The summed E-state index contributed by atoms with van der Waals surface area (Å²) >= 11 is 0. The number of rotatable bonds is 2. The van der Waals surface area contributed by atoms with Gasteiger partial charge in [-0.25, -0.2) is 8.42 Å². The van der Waals surface area contributed by atoms with Crippen molar-refractivity contribution in [2.24, 2.45) is 10.7 Å². The molecule has 0 fully saturated rings. The Bertz CT molecular complexity index is 299.